The van der Waals surface area contributed by atoms with Crippen LogP contribution in [0, 0.1) is 0 Å². The summed E-state index contributed by atoms with van der Waals surface area (Å²) in [7, 11) is 0. The van der Waals surface area contributed by atoms with Gasteiger partial charge in [-0.25, -0.2) is 0 Å². The Labute approximate surface area is 127 Å². The van der Waals surface area contributed by atoms with Crippen molar-refractivity contribution >= 4 is 17.3 Å². The van der Waals surface area contributed by atoms with E-state index in [2.05, 4.69) is 35.4 Å². The predicted molar refractivity (Wildman–Crippen MR) is 88.7 cm³/mol. The van der Waals surface area contributed by atoms with Gasteiger partial charge in [0, 0.05) is 43.0 Å². The van der Waals surface area contributed by atoms with E-state index >= 15 is 0 Å². The second-order valence-electron chi connectivity index (χ2n) is 6.03. The van der Waals surface area contributed by atoms with Crippen molar-refractivity contribution in [3.63, 3.8) is 0 Å². The van der Waals surface area contributed by atoms with Gasteiger partial charge in [0.1, 0.15) is 0 Å². The molecule has 0 aromatic heterocycles. The third kappa shape index (κ3) is 4.74. The summed E-state index contributed by atoms with van der Waals surface area (Å²) in [5.41, 5.74) is 1.96. The van der Waals surface area contributed by atoms with E-state index in [1.807, 2.05) is 25.1 Å². The maximum absolute atomic E-state index is 11.4. The highest BCUT2D eigenvalue weighted by atomic mass is 16.1. The monoisotopic (exact) mass is 289 g/mol. The summed E-state index contributed by atoms with van der Waals surface area (Å²) in [5, 5.41) is 6.50. The highest BCUT2D eigenvalue weighted by Crippen LogP contribution is 2.20. The van der Waals surface area contributed by atoms with E-state index in [-0.39, 0.29) is 5.91 Å². The van der Waals surface area contributed by atoms with Crippen LogP contribution in [0.2, 0.25) is 0 Å². The molecule has 1 aromatic carbocycles. The van der Waals surface area contributed by atoms with Crippen LogP contribution >= 0.6 is 0 Å². The van der Waals surface area contributed by atoms with Crippen LogP contribution in [0.1, 0.15) is 40.0 Å². The third-order valence-electron chi connectivity index (χ3n) is 4.10. The minimum atomic E-state index is 0.0531. The fourth-order valence-corrected chi connectivity index (χ4v) is 2.73. The van der Waals surface area contributed by atoms with Gasteiger partial charge in [0.15, 0.2) is 0 Å². The van der Waals surface area contributed by atoms with Crippen LogP contribution in [-0.4, -0.2) is 36.0 Å². The molecule has 4 nitrogen and oxygen atoms in total. The lowest BCUT2D eigenvalue weighted by atomic mass is 10.0. The molecule has 21 heavy (non-hydrogen) atoms. The molecule has 1 amide bonds. The van der Waals surface area contributed by atoms with Crippen molar-refractivity contribution in [1.82, 2.24) is 4.90 Å². The van der Waals surface area contributed by atoms with Gasteiger partial charge in [-0.2, -0.15) is 0 Å². The number of nitrogens with one attached hydrogen (secondary N) is 2. The number of benzene rings is 1. The normalized spacial score (nSPS) is 17.0. The molecule has 2 rings (SSSR count). The first-order valence-corrected chi connectivity index (χ1v) is 7.99. The molecule has 0 saturated carbocycles. The van der Waals surface area contributed by atoms with Gasteiger partial charge in [-0.3, -0.25) is 4.79 Å². The Balaban J connectivity index is 1.89. The number of piperidine rings is 1. The number of carbonyl (C=O) groups excluding carboxylic acids is 1. The van der Waals surface area contributed by atoms with Crippen molar-refractivity contribution in [2.24, 2.45) is 0 Å². The summed E-state index contributed by atoms with van der Waals surface area (Å²) >= 11 is 0. The van der Waals surface area contributed by atoms with Gasteiger partial charge in [-0.1, -0.05) is 13.0 Å². The molecule has 116 valence electrons. The summed E-state index contributed by atoms with van der Waals surface area (Å²) in [4.78, 5) is 14.0. The van der Waals surface area contributed by atoms with Crippen molar-refractivity contribution < 1.29 is 4.79 Å². The Hall–Kier alpha value is -1.55. The van der Waals surface area contributed by atoms with E-state index in [0.717, 1.165) is 24.5 Å². The van der Waals surface area contributed by atoms with Crippen LogP contribution in [0.5, 0.6) is 0 Å². The predicted octanol–water partition coefficient (Wildman–Crippen LogP) is 3.32. The first-order chi connectivity index (χ1) is 10.1. The van der Waals surface area contributed by atoms with Crippen LogP contribution in [0.15, 0.2) is 24.3 Å². The van der Waals surface area contributed by atoms with E-state index in [1.54, 1.807) is 0 Å². The molecule has 2 N–H and O–H groups in total. The highest BCUT2D eigenvalue weighted by molar-refractivity contribution is 5.90. The van der Waals surface area contributed by atoms with Gasteiger partial charge in [-0.15, -0.1) is 0 Å². The average Bonchev–Trinajstić information content (AvgIpc) is 2.48. The molecule has 1 aliphatic heterocycles. The number of nitrogens with zero attached hydrogens (tertiary/aromatic N) is 1. The summed E-state index contributed by atoms with van der Waals surface area (Å²) in [6, 6.07) is 9.16. The fourth-order valence-electron chi connectivity index (χ4n) is 2.73. The number of likely N-dealkylation sites (tertiary alicyclic amines) is 1. The van der Waals surface area contributed by atoms with Gasteiger partial charge >= 0.3 is 0 Å². The minimum Gasteiger partial charge on any atom is -0.382 e. The zero-order valence-corrected chi connectivity index (χ0v) is 13.4. The molecule has 1 aromatic rings. The quantitative estimate of drug-likeness (QED) is 0.874. The standard InChI is InChI=1S/C17H27N3O/c1-4-17(21)19-16-7-5-6-15(12-16)18-14-8-10-20(11-9-14)13(2)3/h5-7,12-14,18H,4,8-11H2,1-3H3,(H,19,21). The Morgan fingerprint density at radius 1 is 1.29 bits per heavy atom. The van der Waals surface area contributed by atoms with Crippen LogP contribution in [0.25, 0.3) is 0 Å². The van der Waals surface area contributed by atoms with Crippen molar-refractivity contribution in [2.75, 3.05) is 23.7 Å². The van der Waals surface area contributed by atoms with E-state index < -0.39 is 0 Å². The Morgan fingerprint density at radius 2 is 1.95 bits per heavy atom. The molecule has 0 bridgehead atoms. The van der Waals surface area contributed by atoms with Crippen molar-refractivity contribution in [1.29, 1.82) is 0 Å². The second kappa shape index (κ2) is 7.46. The van der Waals surface area contributed by atoms with E-state index in [4.69, 9.17) is 0 Å². The number of amides is 1. The Bertz CT molecular complexity index is 465. The summed E-state index contributed by atoms with van der Waals surface area (Å²) in [5.74, 6) is 0.0531. The first kappa shape index (κ1) is 15.8. The van der Waals surface area contributed by atoms with Crippen LogP contribution in [0.4, 0.5) is 11.4 Å². The molecule has 0 atom stereocenters. The lowest BCUT2D eigenvalue weighted by molar-refractivity contribution is -0.115. The molecule has 1 aliphatic rings. The molecule has 1 fully saturated rings. The molecule has 4 heteroatoms. The van der Waals surface area contributed by atoms with Gasteiger partial charge in [0.2, 0.25) is 5.91 Å². The van der Waals surface area contributed by atoms with Gasteiger partial charge < -0.3 is 15.5 Å². The molecule has 0 aliphatic carbocycles. The maximum Gasteiger partial charge on any atom is 0.224 e. The molecule has 0 spiro atoms. The fraction of sp³-hybridized carbons (Fsp3) is 0.588. The van der Waals surface area contributed by atoms with Crippen molar-refractivity contribution in [3.8, 4) is 0 Å². The van der Waals surface area contributed by atoms with Crippen LogP contribution < -0.4 is 10.6 Å². The topological polar surface area (TPSA) is 44.4 Å². The Morgan fingerprint density at radius 3 is 2.57 bits per heavy atom. The van der Waals surface area contributed by atoms with Crippen LogP contribution in [0.3, 0.4) is 0 Å². The van der Waals surface area contributed by atoms with Crippen LogP contribution in [-0.2, 0) is 4.79 Å². The summed E-state index contributed by atoms with van der Waals surface area (Å²) in [6.07, 6.45) is 2.85. The minimum absolute atomic E-state index is 0.0531. The lowest BCUT2D eigenvalue weighted by Crippen LogP contribution is -2.42. The van der Waals surface area contributed by atoms with Gasteiger partial charge in [0.25, 0.3) is 0 Å². The zero-order chi connectivity index (χ0) is 15.2. The lowest BCUT2D eigenvalue weighted by Gasteiger charge is -2.35. The first-order valence-electron chi connectivity index (χ1n) is 7.99. The van der Waals surface area contributed by atoms with Gasteiger partial charge in [0.05, 0.1) is 0 Å². The van der Waals surface area contributed by atoms with Crippen molar-refractivity contribution in [2.45, 2.75) is 52.1 Å². The maximum atomic E-state index is 11.4. The smallest absolute Gasteiger partial charge is 0.224 e. The molecule has 1 heterocycles. The largest absolute Gasteiger partial charge is 0.382 e. The number of hydrogen-bond acceptors (Lipinski definition) is 3. The number of anilines is 2. The zero-order valence-electron chi connectivity index (χ0n) is 13.4. The number of carbonyl (C=O) groups is 1. The van der Waals surface area contributed by atoms with E-state index in [1.165, 1.54) is 12.8 Å². The number of hydrogen-bond donors (Lipinski definition) is 2. The van der Waals surface area contributed by atoms with Crippen molar-refractivity contribution in [3.05, 3.63) is 24.3 Å². The molecule has 1 saturated heterocycles. The Kier molecular flexibility index (Phi) is 5.62. The van der Waals surface area contributed by atoms with Gasteiger partial charge in [-0.05, 0) is 44.9 Å². The molecule has 0 radical (unpaired) electrons. The molecule has 0 unspecified atom stereocenters. The SMILES string of the molecule is CCC(=O)Nc1cccc(NC2CCN(C(C)C)CC2)c1. The third-order valence-corrected chi connectivity index (χ3v) is 4.10. The second-order valence-corrected chi connectivity index (χ2v) is 6.03. The number of rotatable bonds is 5. The molecular weight excluding hydrogens is 262 g/mol. The summed E-state index contributed by atoms with van der Waals surface area (Å²) in [6.45, 7) is 8.68. The highest BCUT2D eigenvalue weighted by Gasteiger charge is 2.20. The van der Waals surface area contributed by atoms with E-state index in [0.29, 0.717) is 18.5 Å². The average molecular weight is 289 g/mol. The van der Waals surface area contributed by atoms with E-state index in [9.17, 15) is 4.79 Å². The summed E-state index contributed by atoms with van der Waals surface area (Å²) < 4.78 is 0. The molecular formula is C17H27N3O.